The number of carbonyl (C=O) groups is 3. The van der Waals surface area contributed by atoms with Crippen LogP contribution in [0.3, 0.4) is 0 Å². The van der Waals surface area contributed by atoms with E-state index >= 15 is 0 Å². The second kappa shape index (κ2) is 16.6. The molecule has 0 radical (unpaired) electrons. The van der Waals surface area contributed by atoms with Gasteiger partial charge >= 0.3 is 12.1 Å². The molecule has 51 heavy (non-hydrogen) atoms. The van der Waals surface area contributed by atoms with E-state index in [1.165, 1.54) is 0 Å². The summed E-state index contributed by atoms with van der Waals surface area (Å²) in [6.45, 7) is 10.9. The maximum absolute atomic E-state index is 13.6. The number of amidine groups is 1. The number of amides is 2. The molecule has 13 nitrogen and oxygen atoms in total. The number of carbonyl (C=O) groups excluding carboxylic acids is 3. The van der Waals surface area contributed by atoms with Crippen molar-refractivity contribution in [3.8, 4) is 17.2 Å². The Kier molecular flexibility index (Phi) is 12.5. The molecule has 0 aromatic heterocycles. The van der Waals surface area contributed by atoms with Gasteiger partial charge in [-0.2, -0.15) is 0 Å². The molecule has 274 valence electrons. The van der Waals surface area contributed by atoms with Crippen molar-refractivity contribution in [1.82, 2.24) is 10.6 Å². The predicted octanol–water partition coefficient (Wildman–Crippen LogP) is 6.06. The largest absolute Gasteiger partial charge is 0.489 e. The number of nitrogens with zero attached hydrogens (tertiary/aromatic N) is 1. The number of alkyl carbamates (subject to hydrolysis) is 1. The summed E-state index contributed by atoms with van der Waals surface area (Å²) in [6, 6.07) is 17.6. The topological polar surface area (TPSA) is 197 Å². The van der Waals surface area contributed by atoms with Gasteiger partial charge in [-0.25, -0.2) is 9.59 Å². The number of hydrogen-bond acceptors (Lipinski definition) is 10. The van der Waals surface area contributed by atoms with Gasteiger partial charge in [-0.3, -0.25) is 4.79 Å². The molecule has 2 amide bonds. The molecular formula is C38H49N5O8. The van der Waals surface area contributed by atoms with Crippen molar-refractivity contribution in [3.05, 3.63) is 89.0 Å². The van der Waals surface area contributed by atoms with Crippen LogP contribution in [0.25, 0.3) is 0 Å². The molecule has 1 aliphatic carbocycles. The van der Waals surface area contributed by atoms with Crippen LogP contribution >= 0.6 is 0 Å². The third-order valence-corrected chi connectivity index (χ3v) is 7.80. The zero-order valence-corrected chi connectivity index (χ0v) is 30.0. The van der Waals surface area contributed by atoms with Crippen molar-refractivity contribution in [1.29, 1.82) is 0 Å². The Bertz CT molecular complexity index is 1700. The lowest BCUT2D eigenvalue weighted by Gasteiger charge is -2.30. The normalized spacial score (nSPS) is 17.1. The molecule has 0 aliphatic heterocycles. The van der Waals surface area contributed by atoms with Crippen LogP contribution < -0.4 is 31.6 Å². The third-order valence-electron chi connectivity index (χ3n) is 7.80. The van der Waals surface area contributed by atoms with Crippen LogP contribution in [0.2, 0.25) is 0 Å². The lowest BCUT2D eigenvalue weighted by atomic mass is 9.91. The first-order valence-corrected chi connectivity index (χ1v) is 16.9. The van der Waals surface area contributed by atoms with Gasteiger partial charge in [0.15, 0.2) is 5.84 Å². The Morgan fingerprint density at radius 1 is 0.804 bits per heavy atom. The van der Waals surface area contributed by atoms with Crippen LogP contribution in [0.15, 0.2) is 71.9 Å². The fourth-order valence-corrected chi connectivity index (χ4v) is 5.40. The van der Waals surface area contributed by atoms with Crippen LogP contribution in [0.4, 0.5) is 4.79 Å². The highest BCUT2D eigenvalue weighted by molar-refractivity contribution is 5.97. The number of hydrogen-bond donors (Lipinski definition) is 5. The van der Waals surface area contributed by atoms with Gasteiger partial charge in [-0.1, -0.05) is 29.4 Å². The summed E-state index contributed by atoms with van der Waals surface area (Å²) in [5.41, 5.74) is 12.8. The molecule has 3 aromatic carbocycles. The van der Waals surface area contributed by atoms with E-state index in [1.54, 1.807) is 81.4 Å². The summed E-state index contributed by atoms with van der Waals surface area (Å²) in [5, 5.41) is 18.0. The predicted molar refractivity (Wildman–Crippen MR) is 192 cm³/mol. The minimum absolute atomic E-state index is 0.0349. The molecule has 13 heteroatoms. The van der Waals surface area contributed by atoms with E-state index in [0.29, 0.717) is 59.6 Å². The number of esters is 1. The van der Waals surface area contributed by atoms with E-state index in [4.69, 9.17) is 35.6 Å². The summed E-state index contributed by atoms with van der Waals surface area (Å²) >= 11 is 0. The van der Waals surface area contributed by atoms with Crippen LogP contribution in [-0.2, 0) is 20.9 Å². The molecule has 0 heterocycles. The molecule has 0 saturated heterocycles. The van der Waals surface area contributed by atoms with E-state index in [-0.39, 0.29) is 30.4 Å². The van der Waals surface area contributed by atoms with Gasteiger partial charge in [0.05, 0.1) is 0 Å². The Hall–Kier alpha value is -5.30. The van der Waals surface area contributed by atoms with E-state index in [9.17, 15) is 14.4 Å². The molecule has 1 atom stereocenters. The minimum Gasteiger partial charge on any atom is -0.489 e. The summed E-state index contributed by atoms with van der Waals surface area (Å²) in [4.78, 5) is 38.4. The molecule has 1 aliphatic rings. The minimum atomic E-state index is -0.968. The number of nitrogens with two attached hydrogens (primary N) is 2. The van der Waals surface area contributed by atoms with E-state index in [0.717, 1.165) is 5.56 Å². The molecule has 1 unspecified atom stereocenters. The lowest BCUT2D eigenvalue weighted by molar-refractivity contribution is -0.156. The first-order chi connectivity index (χ1) is 24.0. The smallest absolute Gasteiger partial charge is 0.407 e. The Balaban J connectivity index is 1.48. The number of benzene rings is 3. The molecule has 7 N–H and O–H groups in total. The van der Waals surface area contributed by atoms with Crippen molar-refractivity contribution in [2.24, 2.45) is 16.6 Å². The zero-order valence-electron chi connectivity index (χ0n) is 30.0. The number of nitrogens with one attached hydrogen (secondary N) is 2. The maximum Gasteiger partial charge on any atom is 0.407 e. The highest BCUT2D eigenvalue weighted by Gasteiger charge is 2.27. The SMILES string of the molecule is CC(C)(C)OC(=O)NC1CCC(NC(=O)c2cc(OCc3cccc(C(N)C(=O)OC(C)(C)C)c3)cc(Oc3ccc(C(N)=NO)cc3)c2)CC1. The zero-order chi connectivity index (χ0) is 37.3. The summed E-state index contributed by atoms with van der Waals surface area (Å²) < 4.78 is 23.1. The molecule has 3 aromatic rings. The third kappa shape index (κ3) is 12.2. The van der Waals surface area contributed by atoms with Gasteiger partial charge in [0.25, 0.3) is 5.91 Å². The Labute approximate surface area is 298 Å². The van der Waals surface area contributed by atoms with Gasteiger partial charge in [0, 0.05) is 29.3 Å². The van der Waals surface area contributed by atoms with E-state index < -0.39 is 29.3 Å². The number of oxime groups is 1. The highest BCUT2D eigenvalue weighted by Crippen LogP contribution is 2.29. The quantitative estimate of drug-likeness (QED) is 0.0515. The van der Waals surface area contributed by atoms with Crippen molar-refractivity contribution in [3.63, 3.8) is 0 Å². The second-order valence-electron chi connectivity index (χ2n) is 14.5. The van der Waals surface area contributed by atoms with Gasteiger partial charge in [-0.05, 0) is 115 Å². The molecule has 4 rings (SSSR count). The van der Waals surface area contributed by atoms with Crippen molar-refractivity contribution < 1.29 is 38.5 Å². The maximum atomic E-state index is 13.6. The number of ether oxygens (including phenoxy) is 4. The first-order valence-electron chi connectivity index (χ1n) is 16.9. The summed E-state index contributed by atoms with van der Waals surface area (Å²) in [5.74, 6) is 0.294. The fraction of sp³-hybridized carbons (Fsp3) is 0.421. The Morgan fingerprint density at radius 2 is 1.41 bits per heavy atom. The molecular weight excluding hydrogens is 654 g/mol. The molecule has 1 fully saturated rings. The highest BCUT2D eigenvalue weighted by atomic mass is 16.6. The van der Waals surface area contributed by atoms with Crippen LogP contribution in [0, 0.1) is 0 Å². The van der Waals surface area contributed by atoms with E-state index in [1.807, 2.05) is 26.8 Å². The fourth-order valence-electron chi connectivity index (χ4n) is 5.40. The molecule has 0 spiro atoms. The molecule has 1 saturated carbocycles. The van der Waals surface area contributed by atoms with Gasteiger partial charge in [0.2, 0.25) is 0 Å². The average Bonchev–Trinajstić information content (AvgIpc) is 3.06. The van der Waals surface area contributed by atoms with Crippen molar-refractivity contribution >= 4 is 23.8 Å². The van der Waals surface area contributed by atoms with Crippen LogP contribution in [-0.4, -0.2) is 52.3 Å². The summed E-state index contributed by atoms with van der Waals surface area (Å²) in [7, 11) is 0. The van der Waals surface area contributed by atoms with Gasteiger partial charge < -0.3 is 46.3 Å². The van der Waals surface area contributed by atoms with Crippen molar-refractivity contribution in [2.45, 2.75) is 103 Å². The standard InChI is InChI=1S/C38H49N5O8/c1-37(2,3)50-35(45)32(39)25-9-7-8-23(18-25)22-48-30-19-26(20-31(21-30)49-29-16-10-24(11-17-29)33(40)43-47)34(44)41-27-12-14-28(15-13-27)42-36(46)51-38(4,5)6/h7-11,16-21,27-28,32,47H,12-15,22,39H2,1-6H3,(H2,40,43)(H,41,44)(H,42,46). The van der Waals surface area contributed by atoms with Crippen LogP contribution in [0.5, 0.6) is 17.2 Å². The average molecular weight is 704 g/mol. The lowest BCUT2D eigenvalue weighted by Crippen LogP contribution is -2.45. The number of rotatable bonds is 11. The Morgan fingerprint density at radius 3 is 2.02 bits per heavy atom. The summed E-state index contributed by atoms with van der Waals surface area (Å²) in [6.07, 6.45) is 2.30. The van der Waals surface area contributed by atoms with Crippen molar-refractivity contribution in [2.75, 3.05) is 0 Å². The monoisotopic (exact) mass is 703 g/mol. The first kappa shape index (κ1) is 38.5. The van der Waals surface area contributed by atoms with Crippen LogP contribution in [0.1, 0.15) is 100 Å². The second-order valence-corrected chi connectivity index (χ2v) is 14.5. The van der Waals surface area contributed by atoms with E-state index in [2.05, 4.69) is 15.8 Å². The van der Waals surface area contributed by atoms with Gasteiger partial charge in [0.1, 0.15) is 41.1 Å². The van der Waals surface area contributed by atoms with Gasteiger partial charge in [-0.15, -0.1) is 0 Å². The molecule has 0 bridgehead atoms.